The number of nitrogens with zero attached hydrogens (tertiary/aromatic N) is 6. The molecule has 0 unspecified atom stereocenters. The first kappa shape index (κ1) is 17.8. The summed E-state index contributed by atoms with van der Waals surface area (Å²) >= 11 is 0. The first-order valence-electron chi connectivity index (χ1n) is 9.62. The molecule has 2 aromatic rings. The number of benzene rings is 1. The Labute approximate surface area is 158 Å². The highest BCUT2D eigenvalue weighted by Crippen LogP contribution is 2.20. The minimum Gasteiger partial charge on any atom is -0.366 e. The fourth-order valence-corrected chi connectivity index (χ4v) is 3.86. The summed E-state index contributed by atoms with van der Waals surface area (Å²) in [4.78, 5) is 8.72. The van der Waals surface area contributed by atoms with Gasteiger partial charge in [0.2, 0.25) is 0 Å². The fourth-order valence-electron chi connectivity index (χ4n) is 3.86. The van der Waals surface area contributed by atoms with Crippen LogP contribution in [0.15, 0.2) is 29.3 Å². The molecule has 4 rings (SSSR count). The smallest absolute Gasteiger partial charge is 0.194 e. The van der Waals surface area contributed by atoms with Crippen molar-refractivity contribution in [3.63, 3.8) is 0 Å². The van der Waals surface area contributed by atoms with Crippen molar-refractivity contribution in [2.24, 2.45) is 4.99 Å². The van der Waals surface area contributed by atoms with E-state index >= 15 is 0 Å². The van der Waals surface area contributed by atoms with Crippen molar-refractivity contribution in [2.45, 2.75) is 32.4 Å². The molecule has 0 aliphatic carbocycles. The average molecular weight is 371 g/mol. The zero-order valence-corrected chi connectivity index (χ0v) is 15.7. The Kier molecular flexibility index (Phi) is 5.22. The number of anilines is 1. The van der Waals surface area contributed by atoms with E-state index in [4.69, 9.17) is 0 Å². The summed E-state index contributed by atoms with van der Waals surface area (Å²) in [5.74, 6) is 2.75. The van der Waals surface area contributed by atoms with Crippen molar-refractivity contribution in [3.8, 4) is 0 Å². The van der Waals surface area contributed by atoms with Crippen LogP contribution in [0.4, 0.5) is 10.1 Å². The van der Waals surface area contributed by atoms with Crippen molar-refractivity contribution < 1.29 is 4.39 Å². The molecule has 2 aliphatic rings. The molecule has 3 heterocycles. The molecule has 0 atom stereocenters. The van der Waals surface area contributed by atoms with E-state index in [1.165, 1.54) is 18.9 Å². The number of aliphatic imine (C=N–C) groups is 1. The maximum atomic E-state index is 14.0. The fraction of sp³-hybridized carbons (Fsp3) is 0.526. The van der Waals surface area contributed by atoms with Crippen LogP contribution in [0.25, 0.3) is 0 Å². The predicted octanol–water partition coefficient (Wildman–Crippen LogP) is 1.65. The topological polar surface area (TPSA) is 61.6 Å². The number of hydrogen-bond donors (Lipinski definition) is 1. The third-order valence-corrected chi connectivity index (χ3v) is 5.32. The van der Waals surface area contributed by atoms with Crippen LogP contribution in [0, 0.1) is 5.82 Å². The zero-order chi connectivity index (χ0) is 18.6. The molecule has 1 aromatic heterocycles. The number of hydrogen-bond acceptors (Lipinski definition) is 4. The lowest BCUT2D eigenvalue weighted by Gasteiger charge is -2.37. The van der Waals surface area contributed by atoms with Crippen LogP contribution in [0.3, 0.4) is 0 Å². The Morgan fingerprint density at radius 1 is 1.11 bits per heavy atom. The van der Waals surface area contributed by atoms with E-state index < -0.39 is 0 Å². The molecule has 2 aliphatic heterocycles. The number of aromatic nitrogens is 3. The second-order valence-electron chi connectivity index (χ2n) is 6.97. The van der Waals surface area contributed by atoms with E-state index in [0.29, 0.717) is 12.2 Å². The lowest BCUT2D eigenvalue weighted by molar-refractivity contribution is 0.369. The number of rotatable bonds is 3. The SMILES string of the molecule is CN=C(NCc1nnc2n1CCCC2)N1CCN(c2ccccc2F)CC1. The number of nitrogens with one attached hydrogen (secondary N) is 1. The van der Waals surface area contributed by atoms with Crippen LogP contribution in [0.5, 0.6) is 0 Å². The Morgan fingerprint density at radius 3 is 2.70 bits per heavy atom. The molecule has 0 saturated carbocycles. The van der Waals surface area contributed by atoms with E-state index in [0.717, 1.165) is 56.8 Å². The third kappa shape index (κ3) is 3.74. The maximum absolute atomic E-state index is 14.0. The summed E-state index contributed by atoms with van der Waals surface area (Å²) in [5, 5.41) is 12.1. The Hall–Kier alpha value is -2.64. The van der Waals surface area contributed by atoms with Crippen LogP contribution < -0.4 is 10.2 Å². The molecule has 144 valence electrons. The van der Waals surface area contributed by atoms with Crippen LogP contribution in [0.2, 0.25) is 0 Å². The molecule has 1 saturated heterocycles. The summed E-state index contributed by atoms with van der Waals surface area (Å²) in [7, 11) is 1.80. The molecule has 0 bridgehead atoms. The number of halogens is 1. The molecule has 8 heteroatoms. The van der Waals surface area contributed by atoms with E-state index in [9.17, 15) is 4.39 Å². The predicted molar refractivity (Wildman–Crippen MR) is 103 cm³/mol. The van der Waals surface area contributed by atoms with Gasteiger partial charge >= 0.3 is 0 Å². The highest BCUT2D eigenvalue weighted by molar-refractivity contribution is 5.80. The van der Waals surface area contributed by atoms with E-state index in [1.54, 1.807) is 13.1 Å². The Balaban J connectivity index is 1.34. The number of piperazine rings is 1. The van der Waals surface area contributed by atoms with Gasteiger partial charge in [0.1, 0.15) is 11.6 Å². The van der Waals surface area contributed by atoms with Gasteiger partial charge in [0.05, 0.1) is 12.2 Å². The van der Waals surface area contributed by atoms with Crippen LogP contribution in [0.1, 0.15) is 24.5 Å². The number of aryl methyl sites for hydroxylation is 1. The van der Waals surface area contributed by atoms with Crippen LogP contribution in [-0.4, -0.2) is 58.9 Å². The van der Waals surface area contributed by atoms with E-state index in [-0.39, 0.29) is 5.82 Å². The normalized spacial score (nSPS) is 17.8. The number of guanidine groups is 1. The monoisotopic (exact) mass is 371 g/mol. The van der Waals surface area contributed by atoms with Gasteiger partial charge in [-0.1, -0.05) is 12.1 Å². The van der Waals surface area contributed by atoms with Crippen molar-refractivity contribution in [2.75, 3.05) is 38.1 Å². The molecule has 0 amide bonds. The summed E-state index contributed by atoms with van der Waals surface area (Å²) in [6.07, 6.45) is 3.39. The van der Waals surface area contributed by atoms with Crippen molar-refractivity contribution >= 4 is 11.6 Å². The second kappa shape index (κ2) is 7.94. The van der Waals surface area contributed by atoms with Gasteiger partial charge in [-0.05, 0) is 25.0 Å². The molecule has 1 fully saturated rings. The van der Waals surface area contributed by atoms with Crippen molar-refractivity contribution in [1.82, 2.24) is 25.0 Å². The van der Waals surface area contributed by atoms with Gasteiger partial charge in [-0.3, -0.25) is 4.99 Å². The van der Waals surface area contributed by atoms with E-state index in [1.807, 2.05) is 12.1 Å². The number of para-hydroxylation sites is 1. The zero-order valence-electron chi connectivity index (χ0n) is 15.7. The largest absolute Gasteiger partial charge is 0.366 e. The quantitative estimate of drug-likeness (QED) is 0.657. The van der Waals surface area contributed by atoms with Crippen LogP contribution in [-0.2, 0) is 19.5 Å². The lowest BCUT2D eigenvalue weighted by Crippen LogP contribution is -2.52. The second-order valence-corrected chi connectivity index (χ2v) is 6.97. The standard InChI is InChI=1S/C19H26FN7/c1-21-19(22-14-18-24-23-17-8-4-5-9-27(17)18)26-12-10-25(11-13-26)16-7-3-2-6-15(16)20/h2-3,6-7H,4-5,8-14H2,1H3,(H,21,22). The lowest BCUT2D eigenvalue weighted by atomic mass is 10.2. The van der Waals surface area contributed by atoms with Gasteiger partial charge in [0.15, 0.2) is 11.8 Å². The highest BCUT2D eigenvalue weighted by Gasteiger charge is 2.22. The Morgan fingerprint density at radius 2 is 1.93 bits per heavy atom. The van der Waals surface area contributed by atoms with Gasteiger partial charge in [0.25, 0.3) is 0 Å². The van der Waals surface area contributed by atoms with E-state index in [2.05, 4.69) is 34.9 Å². The molecular formula is C19H26FN7. The maximum Gasteiger partial charge on any atom is 0.194 e. The first-order chi connectivity index (χ1) is 13.3. The third-order valence-electron chi connectivity index (χ3n) is 5.32. The minimum absolute atomic E-state index is 0.162. The summed E-state index contributed by atoms with van der Waals surface area (Å²) < 4.78 is 16.2. The molecule has 0 radical (unpaired) electrons. The average Bonchev–Trinajstić information content (AvgIpc) is 3.13. The summed E-state index contributed by atoms with van der Waals surface area (Å²) in [6, 6.07) is 6.96. The molecule has 27 heavy (non-hydrogen) atoms. The first-order valence-corrected chi connectivity index (χ1v) is 9.62. The van der Waals surface area contributed by atoms with Gasteiger partial charge in [-0.2, -0.15) is 0 Å². The molecular weight excluding hydrogens is 345 g/mol. The molecule has 1 aromatic carbocycles. The Bertz CT molecular complexity index is 808. The number of fused-ring (bicyclic) bond motifs is 1. The van der Waals surface area contributed by atoms with Gasteiger partial charge < -0.3 is 19.7 Å². The molecule has 0 spiro atoms. The van der Waals surface area contributed by atoms with Crippen LogP contribution >= 0.6 is 0 Å². The van der Waals surface area contributed by atoms with Gasteiger partial charge in [-0.15, -0.1) is 10.2 Å². The van der Waals surface area contributed by atoms with Gasteiger partial charge in [-0.25, -0.2) is 4.39 Å². The van der Waals surface area contributed by atoms with Gasteiger partial charge in [0, 0.05) is 46.2 Å². The summed E-state index contributed by atoms with van der Waals surface area (Å²) in [6.45, 7) is 4.74. The van der Waals surface area contributed by atoms with Crippen molar-refractivity contribution in [3.05, 3.63) is 41.7 Å². The highest BCUT2D eigenvalue weighted by atomic mass is 19.1. The minimum atomic E-state index is -0.162. The molecule has 7 nitrogen and oxygen atoms in total. The van der Waals surface area contributed by atoms with Crippen molar-refractivity contribution in [1.29, 1.82) is 0 Å². The summed E-state index contributed by atoms with van der Waals surface area (Å²) in [5.41, 5.74) is 0.676. The molecule has 1 N–H and O–H groups in total.